The summed E-state index contributed by atoms with van der Waals surface area (Å²) >= 11 is 0. The Bertz CT molecular complexity index is 380. The number of anilines is 1. The van der Waals surface area contributed by atoms with Gasteiger partial charge in [-0.05, 0) is 24.6 Å². The van der Waals surface area contributed by atoms with Crippen LogP contribution in [0.2, 0.25) is 0 Å². The first-order chi connectivity index (χ1) is 6.13. The van der Waals surface area contributed by atoms with E-state index in [0.717, 1.165) is 5.56 Å². The summed E-state index contributed by atoms with van der Waals surface area (Å²) in [5.74, 6) is 0. The number of hydrogen-bond donors (Lipinski definition) is 2. The van der Waals surface area contributed by atoms with Crippen LogP contribution in [0, 0.1) is 18.3 Å². The Morgan fingerprint density at radius 1 is 1.62 bits per heavy atom. The van der Waals surface area contributed by atoms with Gasteiger partial charge in [0.15, 0.2) is 0 Å². The second-order valence-electron chi connectivity index (χ2n) is 2.59. The number of aryl methyl sites for hydroxylation is 1. The Morgan fingerprint density at radius 3 is 2.85 bits per heavy atom. The molecule has 0 heterocycles. The third kappa shape index (κ3) is 2.20. The molecule has 0 spiro atoms. The third-order valence-corrected chi connectivity index (χ3v) is 1.54. The van der Waals surface area contributed by atoms with Gasteiger partial charge in [-0.25, -0.2) is 4.79 Å². The molecule has 1 aromatic carbocycles. The summed E-state index contributed by atoms with van der Waals surface area (Å²) in [5.41, 5.74) is 1.58. The molecule has 0 fully saturated rings. The van der Waals surface area contributed by atoms with Crippen LogP contribution >= 0.6 is 0 Å². The van der Waals surface area contributed by atoms with Gasteiger partial charge < -0.3 is 5.11 Å². The predicted molar refractivity (Wildman–Crippen MR) is 47.5 cm³/mol. The minimum atomic E-state index is -1.17. The normalized spacial score (nSPS) is 8.92. The number of hydrogen-bond acceptors (Lipinski definition) is 2. The van der Waals surface area contributed by atoms with Gasteiger partial charge in [0.2, 0.25) is 0 Å². The van der Waals surface area contributed by atoms with Gasteiger partial charge in [0.1, 0.15) is 6.07 Å². The average Bonchev–Trinajstić information content (AvgIpc) is 2.07. The van der Waals surface area contributed by atoms with Crippen molar-refractivity contribution < 1.29 is 9.90 Å². The molecule has 0 unspecified atom stereocenters. The minimum Gasteiger partial charge on any atom is -0.465 e. The van der Waals surface area contributed by atoms with Crippen LogP contribution in [0.1, 0.15) is 11.1 Å². The van der Waals surface area contributed by atoms with E-state index in [4.69, 9.17) is 10.4 Å². The molecule has 66 valence electrons. The van der Waals surface area contributed by atoms with Crippen molar-refractivity contribution in [2.24, 2.45) is 0 Å². The molecule has 0 saturated carbocycles. The van der Waals surface area contributed by atoms with Crippen molar-refractivity contribution in [2.45, 2.75) is 6.92 Å². The first kappa shape index (κ1) is 9.07. The molecule has 1 amide bonds. The molecule has 0 bridgehead atoms. The first-order valence-corrected chi connectivity index (χ1v) is 3.64. The standard InChI is InChI=1S/C9H8N2O2/c1-6-2-3-8(11-9(12)13)7(4-6)5-10/h2-4,11H,1H3,(H,12,13). The molecular formula is C9H8N2O2. The van der Waals surface area contributed by atoms with Gasteiger partial charge >= 0.3 is 6.09 Å². The largest absolute Gasteiger partial charge is 0.465 e. The summed E-state index contributed by atoms with van der Waals surface area (Å²) in [7, 11) is 0. The molecule has 13 heavy (non-hydrogen) atoms. The highest BCUT2D eigenvalue weighted by molar-refractivity contribution is 5.85. The summed E-state index contributed by atoms with van der Waals surface area (Å²) in [5, 5.41) is 19.3. The number of carbonyl (C=O) groups is 1. The van der Waals surface area contributed by atoms with E-state index in [1.165, 1.54) is 0 Å². The fraction of sp³-hybridized carbons (Fsp3) is 0.111. The van der Waals surface area contributed by atoms with Crippen molar-refractivity contribution >= 4 is 11.8 Å². The number of benzene rings is 1. The van der Waals surface area contributed by atoms with Gasteiger partial charge in [0.05, 0.1) is 11.3 Å². The summed E-state index contributed by atoms with van der Waals surface area (Å²) in [6, 6.07) is 6.86. The van der Waals surface area contributed by atoms with E-state index in [1.807, 2.05) is 13.0 Å². The number of rotatable bonds is 1. The van der Waals surface area contributed by atoms with E-state index in [2.05, 4.69) is 5.32 Å². The first-order valence-electron chi connectivity index (χ1n) is 3.64. The summed E-state index contributed by atoms with van der Waals surface area (Å²) in [4.78, 5) is 10.3. The maximum Gasteiger partial charge on any atom is 0.409 e. The fourth-order valence-corrected chi connectivity index (χ4v) is 0.975. The van der Waals surface area contributed by atoms with Crippen LogP contribution in [-0.2, 0) is 0 Å². The quantitative estimate of drug-likeness (QED) is 0.686. The van der Waals surface area contributed by atoms with Crippen LogP contribution in [0.25, 0.3) is 0 Å². The van der Waals surface area contributed by atoms with E-state index >= 15 is 0 Å². The van der Waals surface area contributed by atoms with Crippen molar-refractivity contribution in [3.63, 3.8) is 0 Å². The number of nitrogens with zero attached hydrogens (tertiary/aromatic N) is 1. The molecule has 0 aliphatic carbocycles. The lowest BCUT2D eigenvalue weighted by atomic mass is 10.1. The van der Waals surface area contributed by atoms with Gasteiger partial charge in [0.25, 0.3) is 0 Å². The average molecular weight is 176 g/mol. The van der Waals surface area contributed by atoms with Crippen LogP contribution in [0.3, 0.4) is 0 Å². The van der Waals surface area contributed by atoms with Crippen molar-refractivity contribution in [3.8, 4) is 6.07 Å². The van der Waals surface area contributed by atoms with E-state index in [-0.39, 0.29) is 0 Å². The van der Waals surface area contributed by atoms with Crippen molar-refractivity contribution in [1.29, 1.82) is 5.26 Å². The zero-order valence-electron chi connectivity index (χ0n) is 7.03. The van der Waals surface area contributed by atoms with Gasteiger partial charge in [0, 0.05) is 0 Å². The van der Waals surface area contributed by atoms with Gasteiger partial charge in [-0.1, -0.05) is 6.07 Å². The molecule has 4 nitrogen and oxygen atoms in total. The second-order valence-corrected chi connectivity index (χ2v) is 2.59. The highest BCUT2D eigenvalue weighted by Crippen LogP contribution is 2.15. The molecule has 4 heteroatoms. The Kier molecular flexibility index (Phi) is 2.50. The molecule has 0 atom stereocenters. The van der Waals surface area contributed by atoms with Crippen LogP contribution < -0.4 is 5.32 Å². The van der Waals surface area contributed by atoms with E-state index in [1.54, 1.807) is 18.2 Å². The molecule has 0 aromatic heterocycles. The van der Waals surface area contributed by atoms with Crippen LogP contribution in [0.15, 0.2) is 18.2 Å². The molecule has 2 N–H and O–H groups in total. The number of nitrogens with one attached hydrogen (secondary N) is 1. The molecule has 0 aliphatic rings. The fourth-order valence-electron chi connectivity index (χ4n) is 0.975. The Labute approximate surface area is 75.4 Å². The number of nitriles is 1. The lowest BCUT2D eigenvalue weighted by Gasteiger charge is -2.03. The van der Waals surface area contributed by atoms with Crippen molar-refractivity contribution in [2.75, 3.05) is 5.32 Å². The molecule has 1 rings (SSSR count). The Balaban J connectivity index is 3.08. The van der Waals surface area contributed by atoms with Crippen LogP contribution in [0.4, 0.5) is 10.5 Å². The monoisotopic (exact) mass is 176 g/mol. The Morgan fingerprint density at radius 2 is 2.31 bits per heavy atom. The highest BCUT2D eigenvalue weighted by Gasteiger charge is 2.04. The van der Waals surface area contributed by atoms with Crippen LogP contribution in [-0.4, -0.2) is 11.2 Å². The molecule has 0 radical (unpaired) electrons. The predicted octanol–water partition coefficient (Wildman–Crippen LogP) is 1.96. The zero-order valence-corrected chi connectivity index (χ0v) is 7.03. The summed E-state index contributed by atoms with van der Waals surface area (Å²) in [6.07, 6.45) is -1.17. The second kappa shape index (κ2) is 3.59. The maximum atomic E-state index is 10.3. The third-order valence-electron chi connectivity index (χ3n) is 1.54. The Hall–Kier alpha value is -2.02. The van der Waals surface area contributed by atoms with Gasteiger partial charge in [-0.2, -0.15) is 5.26 Å². The van der Waals surface area contributed by atoms with Crippen molar-refractivity contribution in [3.05, 3.63) is 29.3 Å². The van der Waals surface area contributed by atoms with Crippen LogP contribution in [0.5, 0.6) is 0 Å². The summed E-state index contributed by atoms with van der Waals surface area (Å²) in [6.45, 7) is 1.84. The lowest BCUT2D eigenvalue weighted by Crippen LogP contribution is -2.08. The topological polar surface area (TPSA) is 73.1 Å². The minimum absolute atomic E-state index is 0.320. The van der Waals surface area contributed by atoms with E-state index in [0.29, 0.717) is 11.3 Å². The van der Waals surface area contributed by atoms with E-state index in [9.17, 15) is 4.79 Å². The summed E-state index contributed by atoms with van der Waals surface area (Å²) < 4.78 is 0. The number of amides is 1. The van der Waals surface area contributed by atoms with Gasteiger partial charge in [-0.3, -0.25) is 5.32 Å². The highest BCUT2D eigenvalue weighted by atomic mass is 16.4. The van der Waals surface area contributed by atoms with Crippen molar-refractivity contribution in [1.82, 2.24) is 0 Å². The maximum absolute atomic E-state index is 10.3. The van der Waals surface area contributed by atoms with E-state index < -0.39 is 6.09 Å². The molecule has 1 aromatic rings. The lowest BCUT2D eigenvalue weighted by molar-refractivity contribution is 0.209. The van der Waals surface area contributed by atoms with Gasteiger partial charge in [-0.15, -0.1) is 0 Å². The molecule has 0 aliphatic heterocycles. The number of carboxylic acid groups (broad SMARTS) is 1. The SMILES string of the molecule is Cc1ccc(NC(=O)O)c(C#N)c1. The molecular weight excluding hydrogens is 168 g/mol. The molecule has 0 saturated heterocycles. The smallest absolute Gasteiger partial charge is 0.409 e. The zero-order chi connectivity index (χ0) is 9.84.